The molecule has 1 amide bonds. The zero-order chi connectivity index (χ0) is 15.5. The molecule has 1 aromatic carbocycles. The molecule has 0 saturated heterocycles. The molecular formula is C15H18N2O4. The van der Waals surface area contributed by atoms with Gasteiger partial charge in [0.2, 0.25) is 11.7 Å². The molecule has 0 aliphatic heterocycles. The van der Waals surface area contributed by atoms with Gasteiger partial charge in [0.1, 0.15) is 0 Å². The highest BCUT2D eigenvalue weighted by Gasteiger charge is 2.28. The Labute approximate surface area is 122 Å². The van der Waals surface area contributed by atoms with Crippen LogP contribution < -0.4 is 5.32 Å². The van der Waals surface area contributed by atoms with Crippen molar-refractivity contribution >= 4 is 5.91 Å². The Kier molecular flexibility index (Phi) is 4.40. The lowest BCUT2D eigenvalue weighted by atomic mass is 10.1. The van der Waals surface area contributed by atoms with Gasteiger partial charge in [-0.25, -0.2) is 4.98 Å². The van der Waals surface area contributed by atoms with Gasteiger partial charge >= 0.3 is 0 Å². The number of nitrogens with one attached hydrogen (secondary N) is 1. The minimum Gasteiger partial charge on any atom is -0.431 e. The first-order chi connectivity index (χ1) is 9.99. The Morgan fingerprint density at radius 1 is 1.29 bits per heavy atom. The Bertz CT molecular complexity index is 618. The molecule has 0 aliphatic rings. The third-order valence-electron chi connectivity index (χ3n) is 3.14. The van der Waals surface area contributed by atoms with E-state index < -0.39 is 11.4 Å². The first kappa shape index (κ1) is 15.2. The fourth-order valence-electron chi connectivity index (χ4n) is 1.77. The number of hydrogen-bond acceptors (Lipinski definition) is 5. The average Bonchev–Trinajstić information content (AvgIpc) is 2.90. The van der Waals surface area contributed by atoms with Gasteiger partial charge in [0.25, 0.3) is 5.91 Å². The van der Waals surface area contributed by atoms with Crippen LogP contribution in [0.1, 0.15) is 23.2 Å². The summed E-state index contributed by atoms with van der Waals surface area (Å²) in [5.74, 6) is -0.0947. The topological polar surface area (TPSA) is 95.6 Å². The number of aliphatic hydroxyl groups is 2. The second-order valence-corrected chi connectivity index (χ2v) is 5.13. The van der Waals surface area contributed by atoms with Gasteiger partial charge in [-0.3, -0.25) is 4.79 Å². The molecule has 0 saturated carbocycles. The van der Waals surface area contributed by atoms with E-state index in [1.807, 2.05) is 30.3 Å². The molecule has 112 valence electrons. The highest BCUT2D eigenvalue weighted by atomic mass is 16.4. The summed E-state index contributed by atoms with van der Waals surface area (Å²) in [5.41, 5.74) is 0.111. The lowest BCUT2D eigenvalue weighted by molar-refractivity contribution is 0.0700. The lowest BCUT2D eigenvalue weighted by Gasteiger charge is -2.25. The second-order valence-electron chi connectivity index (χ2n) is 5.13. The molecule has 0 bridgehead atoms. The van der Waals surface area contributed by atoms with E-state index in [9.17, 15) is 15.0 Å². The molecule has 0 atom stereocenters. The Hall–Kier alpha value is -2.18. The van der Waals surface area contributed by atoms with Crippen LogP contribution in [0.4, 0.5) is 0 Å². The number of rotatable bonds is 5. The number of oxazole rings is 1. The molecule has 0 unspecified atom stereocenters. The average molecular weight is 290 g/mol. The van der Waals surface area contributed by atoms with Crippen LogP contribution in [-0.2, 0) is 0 Å². The Morgan fingerprint density at radius 2 is 1.90 bits per heavy atom. The first-order valence-electron chi connectivity index (χ1n) is 6.56. The van der Waals surface area contributed by atoms with Crippen molar-refractivity contribution in [3.63, 3.8) is 0 Å². The van der Waals surface area contributed by atoms with Crippen LogP contribution in [0.25, 0.3) is 11.5 Å². The van der Waals surface area contributed by atoms with Crippen LogP contribution >= 0.6 is 0 Å². The van der Waals surface area contributed by atoms with Crippen molar-refractivity contribution in [1.82, 2.24) is 10.3 Å². The molecule has 6 nitrogen and oxygen atoms in total. The summed E-state index contributed by atoms with van der Waals surface area (Å²) in [6, 6.07) is 9.24. The van der Waals surface area contributed by atoms with E-state index in [1.165, 1.54) is 6.92 Å². The molecule has 0 aliphatic carbocycles. The van der Waals surface area contributed by atoms with Crippen LogP contribution in [0, 0.1) is 6.92 Å². The van der Waals surface area contributed by atoms with Crippen molar-refractivity contribution in [1.29, 1.82) is 0 Å². The number of benzene rings is 1. The van der Waals surface area contributed by atoms with Crippen LogP contribution in [-0.4, -0.2) is 39.9 Å². The number of carbonyl (C=O) groups is 1. The Balaban J connectivity index is 2.25. The van der Waals surface area contributed by atoms with Crippen molar-refractivity contribution < 1.29 is 19.4 Å². The van der Waals surface area contributed by atoms with Crippen molar-refractivity contribution in [2.75, 3.05) is 13.2 Å². The van der Waals surface area contributed by atoms with E-state index in [2.05, 4.69) is 10.3 Å². The standard InChI is InChI=1S/C15H18N2O4/c1-10-12(13(20)17-15(2,8-18)9-19)21-14(16-10)11-6-4-3-5-7-11/h3-7,18-19H,8-9H2,1-2H3,(H,17,20). The zero-order valence-electron chi connectivity index (χ0n) is 12.0. The van der Waals surface area contributed by atoms with Crippen LogP contribution in [0.3, 0.4) is 0 Å². The quantitative estimate of drug-likeness (QED) is 0.767. The third-order valence-corrected chi connectivity index (χ3v) is 3.14. The van der Waals surface area contributed by atoms with E-state index in [1.54, 1.807) is 6.92 Å². The van der Waals surface area contributed by atoms with Crippen molar-refractivity contribution in [3.05, 3.63) is 41.8 Å². The fraction of sp³-hybridized carbons (Fsp3) is 0.333. The largest absolute Gasteiger partial charge is 0.431 e. The minimum absolute atomic E-state index is 0.0713. The second kappa shape index (κ2) is 6.07. The third kappa shape index (κ3) is 3.29. The summed E-state index contributed by atoms with van der Waals surface area (Å²) in [6.07, 6.45) is 0. The van der Waals surface area contributed by atoms with E-state index >= 15 is 0 Å². The van der Waals surface area contributed by atoms with E-state index in [4.69, 9.17) is 4.42 Å². The molecule has 1 heterocycles. The summed E-state index contributed by atoms with van der Waals surface area (Å²) in [4.78, 5) is 16.4. The van der Waals surface area contributed by atoms with E-state index in [0.29, 0.717) is 11.6 Å². The molecule has 0 spiro atoms. The van der Waals surface area contributed by atoms with Gasteiger partial charge in [-0.2, -0.15) is 0 Å². The van der Waals surface area contributed by atoms with Gasteiger partial charge in [0.05, 0.1) is 24.4 Å². The van der Waals surface area contributed by atoms with Crippen LogP contribution in [0.5, 0.6) is 0 Å². The highest BCUT2D eigenvalue weighted by molar-refractivity contribution is 5.93. The van der Waals surface area contributed by atoms with Gasteiger partial charge in [0, 0.05) is 5.56 Å². The van der Waals surface area contributed by atoms with Crippen LogP contribution in [0.2, 0.25) is 0 Å². The van der Waals surface area contributed by atoms with Gasteiger partial charge in [-0.1, -0.05) is 18.2 Å². The Morgan fingerprint density at radius 3 is 2.48 bits per heavy atom. The monoisotopic (exact) mass is 290 g/mol. The fourth-order valence-corrected chi connectivity index (χ4v) is 1.77. The summed E-state index contributed by atoms with van der Waals surface area (Å²) in [6.45, 7) is 2.44. The normalized spacial score (nSPS) is 11.4. The van der Waals surface area contributed by atoms with Crippen molar-refractivity contribution in [2.45, 2.75) is 19.4 Å². The maximum Gasteiger partial charge on any atom is 0.289 e. The number of nitrogens with zero attached hydrogens (tertiary/aromatic N) is 1. The van der Waals surface area contributed by atoms with Gasteiger partial charge in [-0.15, -0.1) is 0 Å². The number of amides is 1. The molecule has 0 fully saturated rings. The zero-order valence-corrected chi connectivity index (χ0v) is 12.0. The maximum absolute atomic E-state index is 12.2. The lowest BCUT2D eigenvalue weighted by Crippen LogP contribution is -2.51. The molecule has 2 aromatic rings. The van der Waals surface area contributed by atoms with Crippen LogP contribution in [0.15, 0.2) is 34.7 Å². The molecular weight excluding hydrogens is 272 g/mol. The molecule has 6 heteroatoms. The molecule has 2 rings (SSSR count). The summed E-state index contributed by atoms with van der Waals surface area (Å²) < 4.78 is 5.51. The maximum atomic E-state index is 12.2. The number of aliphatic hydroxyl groups excluding tert-OH is 2. The SMILES string of the molecule is Cc1nc(-c2ccccc2)oc1C(=O)NC(C)(CO)CO. The number of carbonyl (C=O) groups excluding carboxylic acids is 1. The molecule has 3 N–H and O–H groups in total. The molecule has 0 radical (unpaired) electrons. The van der Waals surface area contributed by atoms with Crippen molar-refractivity contribution in [2.24, 2.45) is 0 Å². The summed E-state index contributed by atoms with van der Waals surface area (Å²) in [5, 5.41) is 21.0. The number of hydrogen-bond donors (Lipinski definition) is 3. The van der Waals surface area contributed by atoms with Crippen molar-refractivity contribution in [3.8, 4) is 11.5 Å². The smallest absolute Gasteiger partial charge is 0.289 e. The predicted molar refractivity (Wildman–Crippen MR) is 76.7 cm³/mol. The highest BCUT2D eigenvalue weighted by Crippen LogP contribution is 2.21. The minimum atomic E-state index is -1.11. The van der Waals surface area contributed by atoms with Gasteiger partial charge in [0.15, 0.2) is 0 Å². The summed E-state index contributed by atoms with van der Waals surface area (Å²) in [7, 11) is 0. The van der Waals surface area contributed by atoms with E-state index in [0.717, 1.165) is 5.56 Å². The van der Waals surface area contributed by atoms with Gasteiger partial charge in [-0.05, 0) is 26.0 Å². The van der Waals surface area contributed by atoms with E-state index in [-0.39, 0.29) is 19.0 Å². The number of aryl methyl sites for hydroxylation is 1. The van der Waals surface area contributed by atoms with Gasteiger partial charge < -0.3 is 19.9 Å². The number of aromatic nitrogens is 1. The summed E-state index contributed by atoms with van der Waals surface area (Å²) >= 11 is 0. The molecule has 1 aromatic heterocycles. The first-order valence-corrected chi connectivity index (χ1v) is 6.56. The predicted octanol–water partition coefficient (Wildman–Crippen LogP) is 1.12. The molecule has 21 heavy (non-hydrogen) atoms.